The third-order valence-corrected chi connectivity index (χ3v) is 3.88. The maximum atomic E-state index is 13.6. The van der Waals surface area contributed by atoms with Gasteiger partial charge in [-0.05, 0) is 36.4 Å². The molecule has 0 saturated carbocycles. The van der Waals surface area contributed by atoms with Crippen molar-refractivity contribution in [1.29, 1.82) is 0 Å². The van der Waals surface area contributed by atoms with E-state index in [4.69, 9.17) is 16.3 Å². The number of pyridine rings is 1. The highest BCUT2D eigenvalue weighted by atomic mass is 35.5. The summed E-state index contributed by atoms with van der Waals surface area (Å²) in [7, 11) is 0. The van der Waals surface area contributed by atoms with Crippen molar-refractivity contribution >= 4 is 23.2 Å². The molecule has 0 aliphatic carbocycles. The number of carbonyl (C=O) groups excluding carboxylic acids is 1. The molecule has 0 radical (unpaired) electrons. The molecule has 0 aliphatic rings. The van der Waals surface area contributed by atoms with Crippen LogP contribution >= 0.6 is 11.6 Å². The lowest BCUT2D eigenvalue weighted by molar-refractivity contribution is -0.137. The summed E-state index contributed by atoms with van der Waals surface area (Å²) >= 11 is 6.09. The average molecular weight is 411 g/mol. The molecule has 28 heavy (non-hydrogen) atoms. The Hall–Kier alpha value is -3.13. The number of hydrogen-bond donors (Lipinski definition) is 1. The number of rotatable bonds is 4. The van der Waals surface area contributed by atoms with Crippen LogP contribution in [-0.2, 0) is 6.18 Å². The summed E-state index contributed by atoms with van der Waals surface area (Å²) in [5.74, 6) is -1.29. The number of hydrogen-bond acceptors (Lipinski definition) is 3. The van der Waals surface area contributed by atoms with Crippen molar-refractivity contribution in [3.05, 3.63) is 82.8 Å². The van der Waals surface area contributed by atoms with Crippen molar-refractivity contribution in [2.75, 3.05) is 5.32 Å². The number of aromatic nitrogens is 1. The molecule has 0 unspecified atom stereocenters. The average Bonchev–Trinajstić information content (AvgIpc) is 2.64. The Kier molecular flexibility index (Phi) is 5.51. The van der Waals surface area contributed by atoms with Crippen LogP contribution in [0, 0.1) is 5.82 Å². The van der Waals surface area contributed by atoms with Gasteiger partial charge in [0.15, 0.2) is 0 Å². The number of benzene rings is 2. The van der Waals surface area contributed by atoms with Crippen LogP contribution in [0.5, 0.6) is 11.6 Å². The van der Waals surface area contributed by atoms with Crippen LogP contribution in [0.2, 0.25) is 5.02 Å². The lowest BCUT2D eigenvalue weighted by atomic mass is 10.2. The molecule has 1 heterocycles. The fraction of sp³-hybridized carbons (Fsp3) is 0.0526. The minimum absolute atomic E-state index is 0.0769. The largest absolute Gasteiger partial charge is 0.437 e. The van der Waals surface area contributed by atoms with Gasteiger partial charge in [0.2, 0.25) is 5.88 Å². The van der Waals surface area contributed by atoms with Crippen molar-refractivity contribution in [2.45, 2.75) is 6.18 Å². The van der Waals surface area contributed by atoms with Crippen LogP contribution in [0.3, 0.4) is 0 Å². The van der Waals surface area contributed by atoms with E-state index in [1.807, 2.05) is 0 Å². The predicted molar refractivity (Wildman–Crippen MR) is 95.1 cm³/mol. The minimum Gasteiger partial charge on any atom is -0.437 e. The first-order valence-corrected chi connectivity index (χ1v) is 8.18. The molecule has 2 aromatic carbocycles. The molecule has 3 aromatic rings. The van der Waals surface area contributed by atoms with E-state index in [-0.39, 0.29) is 27.9 Å². The van der Waals surface area contributed by atoms with E-state index in [0.29, 0.717) is 6.20 Å². The number of alkyl halides is 3. The number of nitrogens with zero attached hydrogens (tertiary/aromatic N) is 1. The van der Waals surface area contributed by atoms with Gasteiger partial charge in [-0.15, -0.1) is 0 Å². The van der Waals surface area contributed by atoms with Crippen LogP contribution < -0.4 is 10.1 Å². The molecule has 0 spiro atoms. The minimum atomic E-state index is -4.50. The first-order valence-electron chi connectivity index (χ1n) is 7.80. The lowest BCUT2D eigenvalue weighted by Crippen LogP contribution is -2.13. The fourth-order valence-electron chi connectivity index (χ4n) is 2.23. The Morgan fingerprint density at radius 2 is 1.82 bits per heavy atom. The summed E-state index contributed by atoms with van der Waals surface area (Å²) in [4.78, 5) is 15.7. The molecule has 0 aliphatic heterocycles. The van der Waals surface area contributed by atoms with Crippen LogP contribution in [0.4, 0.5) is 23.2 Å². The van der Waals surface area contributed by atoms with Gasteiger partial charge in [-0.25, -0.2) is 9.37 Å². The zero-order chi connectivity index (χ0) is 20.3. The van der Waals surface area contributed by atoms with Gasteiger partial charge in [0, 0.05) is 18.0 Å². The maximum Gasteiger partial charge on any atom is 0.417 e. The highest BCUT2D eigenvalue weighted by Gasteiger charge is 2.30. The first kappa shape index (κ1) is 19.6. The zero-order valence-corrected chi connectivity index (χ0v) is 14.7. The third-order valence-electron chi connectivity index (χ3n) is 3.59. The molecule has 1 aromatic heterocycles. The molecule has 4 nitrogen and oxygen atoms in total. The topological polar surface area (TPSA) is 51.2 Å². The molecule has 0 saturated heterocycles. The predicted octanol–water partition coefficient (Wildman–Crippen LogP) is 5.94. The van der Waals surface area contributed by atoms with Gasteiger partial charge in [-0.3, -0.25) is 4.79 Å². The Morgan fingerprint density at radius 3 is 2.43 bits per heavy atom. The number of nitrogens with one attached hydrogen (secondary N) is 1. The van der Waals surface area contributed by atoms with Crippen molar-refractivity contribution in [3.8, 4) is 11.6 Å². The molecule has 0 bridgehead atoms. The standard InChI is InChI=1S/C19H11ClF4N2O2/c20-14-9-12(26-18(27)13-3-1-2-4-15(13)21)6-7-16(14)28-17-8-5-11(10-25-17)19(22,23)24/h1-10H,(H,26,27). The molecule has 1 amide bonds. The van der Waals surface area contributed by atoms with Crippen LogP contribution in [0.15, 0.2) is 60.8 Å². The highest BCUT2D eigenvalue weighted by Crippen LogP contribution is 2.33. The second-order valence-corrected chi connectivity index (χ2v) is 5.97. The highest BCUT2D eigenvalue weighted by molar-refractivity contribution is 6.32. The van der Waals surface area contributed by atoms with Gasteiger partial charge in [-0.1, -0.05) is 23.7 Å². The van der Waals surface area contributed by atoms with Gasteiger partial charge in [0.05, 0.1) is 16.1 Å². The normalized spacial score (nSPS) is 11.2. The second kappa shape index (κ2) is 7.85. The van der Waals surface area contributed by atoms with E-state index in [9.17, 15) is 22.4 Å². The smallest absolute Gasteiger partial charge is 0.417 e. The summed E-state index contributed by atoms with van der Waals surface area (Å²) in [6.07, 6.45) is -3.85. The van der Waals surface area contributed by atoms with Gasteiger partial charge >= 0.3 is 6.18 Å². The van der Waals surface area contributed by atoms with Gasteiger partial charge < -0.3 is 10.1 Å². The molecular formula is C19H11ClF4N2O2. The summed E-state index contributed by atoms with van der Waals surface area (Å²) in [5, 5.41) is 2.57. The van der Waals surface area contributed by atoms with Crippen LogP contribution in [0.1, 0.15) is 15.9 Å². The Bertz CT molecular complexity index is 1010. The maximum absolute atomic E-state index is 13.6. The van der Waals surface area contributed by atoms with E-state index in [1.165, 1.54) is 36.4 Å². The quantitative estimate of drug-likeness (QED) is 0.542. The summed E-state index contributed by atoms with van der Waals surface area (Å²) in [6.45, 7) is 0. The third kappa shape index (κ3) is 4.58. The van der Waals surface area contributed by atoms with Crippen molar-refractivity contribution in [3.63, 3.8) is 0 Å². The van der Waals surface area contributed by atoms with E-state index in [1.54, 1.807) is 0 Å². The van der Waals surface area contributed by atoms with Gasteiger partial charge in [-0.2, -0.15) is 13.2 Å². The second-order valence-electron chi connectivity index (χ2n) is 5.56. The van der Waals surface area contributed by atoms with Crippen molar-refractivity contribution in [2.24, 2.45) is 0 Å². The van der Waals surface area contributed by atoms with E-state index >= 15 is 0 Å². The van der Waals surface area contributed by atoms with E-state index in [0.717, 1.165) is 18.2 Å². The molecule has 144 valence electrons. The summed E-state index contributed by atoms with van der Waals surface area (Å²) in [5.41, 5.74) is -0.754. The molecule has 3 rings (SSSR count). The zero-order valence-electron chi connectivity index (χ0n) is 13.9. The summed E-state index contributed by atoms with van der Waals surface area (Å²) in [6, 6.07) is 11.6. The number of halogens is 5. The summed E-state index contributed by atoms with van der Waals surface area (Å²) < 4.78 is 56.6. The van der Waals surface area contributed by atoms with Gasteiger partial charge in [0.25, 0.3) is 5.91 Å². The van der Waals surface area contributed by atoms with Gasteiger partial charge in [0.1, 0.15) is 11.6 Å². The molecular weight excluding hydrogens is 400 g/mol. The van der Waals surface area contributed by atoms with Crippen LogP contribution in [-0.4, -0.2) is 10.9 Å². The van der Waals surface area contributed by atoms with Crippen molar-refractivity contribution < 1.29 is 27.1 Å². The fourth-order valence-corrected chi connectivity index (χ4v) is 2.45. The number of amides is 1. The Morgan fingerprint density at radius 1 is 1.07 bits per heavy atom. The monoisotopic (exact) mass is 410 g/mol. The molecule has 1 N–H and O–H groups in total. The molecule has 0 atom stereocenters. The van der Waals surface area contributed by atoms with E-state index < -0.39 is 23.5 Å². The number of ether oxygens (including phenoxy) is 1. The number of anilines is 1. The molecule has 9 heteroatoms. The number of carbonyl (C=O) groups is 1. The SMILES string of the molecule is O=C(Nc1ccc(Oc2ccc(C(F)(F)F)cn2)c(Cl)c1)c1ccccc1F. The first-order chi connectivity index (χ1) is 13.2. The van der Waals surface area contributed by atoms with E-state index in [2.05, 4.69) is 10.3 Å². The lowest BCUT2D eigenvalue weighted by Gasteiger charge is -2.11. The Balaban J connectivity index is 1.72. The Labute approximate surface area is 161 Å². The molecule has 0 fully saturated rings. The van der Waals surface area contributed by atoms with Crippen LogP contribution in [0.25, 0.3) is 0 Å². The van der Waals surface area contributed by atoms with Crippen molar-refractivity contribution in [1.82, 2.24) is 4.98 Å².